The van der Waals surface area contributed by atoms with Crippen LogP contribution in [0.25, 0.3) is 0 Å². The standard InChI is InChI=1S/C13H26N2O2/c1-14(2)9-6-10-15(11-13(16)17-3)12-7-4-5-8-12/h12H,4-11H2,1-3H3. The first-order valence-electron chi connectivity index (χ1n) is 6.59. The van der Waals surface area contributed by atoms with Crippen LogP contribution in [0.5, 0.6) is 0 Å². The Kier molecular flexibility index (Phi) is 6.52. The number of esters is 1. The van der Waals surface area contributed by atoms with Crippen LogP contribution < -0.4 is 0 Å². The maximum Gasteiger partial charge on any atom is 0.319 e. The van der Waals surface area contributed by atoms with Gasteiger partial charge in [0.1, 0.15) is 0 Å². The number of hydrogen-bond acceptors (Lipinski definition) is 4. The molecule has 0 atom stereocenters. The van der Waals surface area contributed by atoms with E-state index in [1.165, 1.54) is 32.8 Å². The van der Waals surface area contributed by atoms with Crippen molar-refractivity contribution >= 4 is 5.97 Å². The Labute approximate surface area is 105 Å². The zero-order valence-electron chi connectivity index (χ0n) is 11.4. The quantitative estimate of drug-likeness (QED) is 0.631. The topological polar surface area (TPSA) is 32.8 Å². The van der Waals surface area contributed by atoms with E-state index in [1.807, 2.05) is 0 Å². The summed E-state index contributed by atoms with van der Waals surface area (Å²) in [5.74, 6) is -0.109. The van der Waals surface area contributed by atoms with Crippen LogP contribution in [0, 0.1) is 0 Å². The summed E-state index contributed by atoms with van der Waals surface area (Å²) >= 11 is 0. The zero-order valence-corrected chi connectivity index (χ0v) is 11.4. The lowest BCUT2D eigenvalue weighted by molar-refractivity contribution is -0.142. The van der Waals surface area contributed by atoms with Gasteiger partial charge in [-0.1, -0.05) is 12.8 Å². The number of ether oxygens (including phenoxy) is 1. The van der Waals surface area contributed by atoms with Crippen LogP contribution in [0.15, 0.2) is 0 Å². The van der Waals surface area contributed by atoms with Crippen LogP contribution in [-0.4, -0.2) is 62.7 Å². The molecule has 0 unspecified atom stereocenters. The summed E-state index contributed by atoms with van der Waals surface area (Å²) in [5, 5.41) is 0. The Hall–Kier alpha value is -0.610. The molecule has 0 aromatic carbocycles. The SMILES string of the molecule is COC(=O)CN(CCCN(C)C)C1CCCC1. The zero-order chi connectivity index (χ0) is 12.7. The van der Waals surface area contributed by atoms with Crippen molar-refractivity contribution in [2.24, 2.45) is 0 Å². The molecule has 1 saturated carbocycles. The lowest BCUT2D eigenvalue weighted by atomic mass is 10.2. The Morgan fingerprint density at radius 1 is 1.24 bits per heavy atom. The normalized spacial score (nSPS) is 17.0. The van der Waals surface area contributed by atoms with Crippen molar-refractivity contribution in [1.82, 2.24) is 9.80 Å². The van der Waals surface area contributed by atoms with E-state index in [4.69, 9.17) is 4.74 Å². The second-order valence-corrected chi connectivity index (χ2v) is 5.14. The fourth-order valence-corrected chi connectivity index (χ4v) is 2.48. The summed E-state index contributed by atoms with van der Waals surface area (Å²) in [6, 6.07) is 0.594. The number of carbonyl (C=O) groups excluding carboxylic acids is 1. The van der Waals surface area contributed by atoms with E-state index in [-0.39, 0.29) is 5.97 Å². The Morgan fingerprint density at radius 3 is 2.41 bits per heavy atom. The Bertz CT molecular complexity index is 225. The molecule has 4 heteroatoms. The molecule has 1 aliphatic rings. The average molecular weight is 242 g/mol. The van der Waals surface area contributed by atoms with Crippen molar-refractivity contribution in [2.75, 3.05) is 40.8 Å². The van der Waals surface area contributed by atoms with Gasteiger partial charge in [0.2, 0.25) is 0 Å². The molecule has 0 heterocycles. The van der Waals surface area contributed by atoms with Gasteiger partial charge < -0.3 is 9.64 Å². The van der Waals surface area contributed by atoms with Crippen LogP contribution in [-0.2, 0) is 9.53 Å². The van der Waals surface area contributed by atoms with Crippen molar-refractivity contribution in [1.29, 1.82) is 0 Å². The highest BCUT2D eigenvalue weighted by Gasteiger charge is 2.24. The first-order chi connectivity index (χ1) is 8.13. The predicted octanol–water partition coefficient (Wildman–Crippen LogP) is 1.36. The average Bonchev–Trinajstić information content (AvgIpc) is 2.80. The van der Waals surface area contributed by atoms with E-state index in [2.05, 4.69) is 23.9 Å². The molecule has 1 aliphatic carbocycles. The predicted molar refractivity (Wildman–Crippen MR) is 69.0 cm³/mol. The van der Waals surface area contributed by atoms with Crippen LogP contribution in [0.4, 0.5) is 0 Å². The molecule has 0 amide bonds. The number of hydrogen-bond donors (Lipinski definition) is 0. The molecule has 1 fully saturated rings. The molecule has 0 bridgehead atoms. The molecule has 0 N–H and O–H groups in total. The summed E-state index contributed by atoms with van der Waals surface area (Å²) in [6.45, 7) is 2.52. The van der Waals surface area contributed by atoms with Crippen molar-refractivity contribution in [2.45, 2.75) is 38.1 Å². The van der Waals surface area contributed by atoms with E-state index in [0.717, 1.165) is 19.5 Å². The fraction of sp³-hybridized carbons (Fsp3) is 0.923. The molecular formula is C13H26N2O2. The second kappa shape index (κ2) is 7.67. The van der Waals surface area contributed by atoms with Crippen LogP contribution in [0.3, 0.4) is 0 Å². The first-order valence-corrected chi connectivity index (χ1v) is 6.59. The first kappa shape index (κ1) is 14.5. The maximum absolute atomic E-state index is 11.4. The third kappa shape index (κ3) is 5.50. The lowest BCUT2D eigenvalue weighted by Gasteiger charge is -2.28. The molecule has 0 spiro atoms. The number of nitrogens with zero attached hydrogens (tertiary/aromatic N) is 2. The van der Waals surface area contributed by atoms with Crippen LogP contribution in [0.2, 0.25) is 0 Å². The van der Waals surface area contributed by atoms with Crippen LogP contribution in [0.1, 0.15) is 32.1 Å². The van der Waals surface area contributed by atoms with Crippen molar-refractivity contribution in [3.8, 4) is 0 Å². The molecule has 0 radical (unpaired) electrons. The Morgan fingerprint density at radius 2 is 1.88 bits per heavy atom. The molecule has 100 valence electrons. The highest BCUT2D eigenvalue weighted by molar-refractivity contribution is 5.71. The van der Waals surface area contributed by atoms with Crippen molar-refractivity contribution < 1.29 is 9.53 Å². The molecular weight excluding hydrogens is 216 g/mol. The summed E-state index contributed by atoms with van der Waals surface area (Å²) in [7, 11) is 5.63. The second-order valence-electron chi connectivity index (χ2n) is 5.14. The van der Waals surface area contributed by atoms with Gasteiger partial charge in [-0.2, -0.15) is 0 Å². The monoisotopic (exact) mass is 242 g/mol. The van der Waals surface area contributed by atoms with Gasteiger partial charge in [-0.3, -0.25) is 9.69 Å². The van der Waals surface area contributed by atoms with E-state index >= 15 is 0 Å². The summed E-state index contributed by atoms with van der Waals surface area (Å²) in [4.78, 5) is 15.9. The smallest absolute Gasteiger partial charge is 0.319 e. The molecule has 0 aromatic heterocycles. The van der Waals surface area contributed by atoms with Crippen molar-refractivity contribution in [3.05, 3.63) is 0 Å². The number of methoxy groups -OCH3 is 1. The molecule has 1 rings (SSSR count). The molecule has 0 aromatic rings. The van der Waals surface area contributed by atoms with E-state index in [1.54, 1.807) is 0 Å². The molecule has 4 nitrogen and oxygen atoms in total. The Balaban J connectivity index is 2.37. The van der Waals surface area contributed by atoms with E-state index in [0.29, 0.717) is 12.6 Å². The van der Waals surface area contributed by atoms with Gasteiger partial charge in [-0.25, -0.2) is 0 Å². The highest BCUT2D eigenvalue weighted by Crippen LogP contribution is 2.23. The number of carbonyl (C=O) groups is 1. The number of rotatable bonds is 7. The van der Waals surface area contributed by atoms with E-state index in [9.17, 15) is 4.79 Å². The summed E-state index contributed by atoms with van der Waals surface area (Å²) < 4.78 is 4.78. The third-order valence-electron chi connectivity index (χ3n) is 3.45. The minimum Gasteiger partial charge on any atom is -0.468 e. The molecule has 0 saturated heterocycles. The third-order valence-corrected chi connectivity index (χ3v) is 3.45. The van der Waals surface area contributed by atoms with Gasteiger partial charge in [0, 0.05) is 12.6 Å². The fourth-order valence-electron chi connectivity index (χ4n) is 2.48. The molecule has 17 heavy (non-hydrogen) atoms. The maximum atomic E-state index is 11.4. The van der Waals surface area contributed by atoms with Gasteiger partial charge in [-0.15, -0.1) is 0 Å². The lowest BCUT2D eigenvalue weighted by Crippen LogP contribution is -2.39. The molecule has 0 aliphatic heterocycles. The minimum absolute atomic E-state index is 0.109. The largest absolute Gasteiger partial charge is 0.468 e. The summed E-state index contributed by atoms with van der Waals surface area (Å²) in [5.41, 5.74) is 0. The highest BCUT2D eigenvalue weighted by atomic mass is 16.5. The van der Waals surface area contributed by atoms with Gasteiger partial charge in [-0.05, 0) is 39.9 Å². The van der Waals surface area contributed by atoms with Gasteiger partial charge in [0.05, 0.1) is 13.7 Å². The van der Waals surface area contributed by atoms with Crippen LogP contribution >= 0.6 is 0 Å². The van der Waals surface area contributed by atoms with Crippen molar-refractivity contribution in [3.63, 3.8) is 0 Å². The van der Waals surface area contributed by atoms with Gasteiger partial charge >= 0.3 is 5.97 Å². The van der Waals surface area contributed by atoms with Gasteiger partial charge in [0.15, 0.2) is 0 Å². The van der Waals surface area contributed by atoms with E-state index < -0.39 is 0 Å². The summed E-state index contributed by atoms with van der Waals surface area (Å²) in [6.07, 6.45) is 6.18. The van der Waals surface area contributed by atoms with Gasteiger partial charge in [0.25, 0.3) is 0 Å². The minimum atomic E-state index is -0.109.